The number of benzene rings is 1. The van der Waals surface area contributed by atoms with Gasteiger partial charge < -0.3 is 10.4 Å². The van der Waals surface area contributed by atoms with Gasteiger partial charge in [0.15, 0.2) is 0 Å². The van der Waals surface area contributed by atoms with Crippen molar-refractivity contribution in [3.05, 3.63) is 35.9 Å². The summed E-state index contributed by atoms with van der Waals surface area (Å²) in [7, 11) is 0. The Balaban J connectivity index is 2.07. The molecule has 1 aliphatic rings. The van der Waals surface area contributed by atoms with Crippen LogP contribution in [0.3, 0.4) is 0 Å². The van der Waals surface area contributed by atoms with Gasteiger partial charge in [-0.25, -0.2) is 0 Å². The predicted octanol–water partition coefficient (Wildman–Crippen LogP) is 0.702. The van der Waals surface area contributed by atoms with Crippen LogP contribution in [0.5, 0.6) is 0 Å². The smallest absolute Gasteiger partial charge is 0.375 e. The molecule has 0 aliphatic carbocycles. The molecule has 24 heavy (non-hydrogen) atoms. The van der Waals surface area contributed by atoms with Gasteiger partial charge in [0, 0.05) is 12.8 Å². The van der Waals surface area contributed by atoms with E-state index in [0.717, 1.165) is 12.1 Å². The maximum Gasteiger partial charge on any atom is 0.423 e. The summed E-state index contributed by atoms with van der Waals surface area (Å²) in [6, 6.07) is 6.33. The fourth-order valence-corrected chi connectivity index (χ4v) is 2.31. The van der Waals surface area contributed by atoms with E-state index in [0.29, 0.717) is 4.90 Å². The first-order valence-corrected chi connectivity index (χ1v) is 7.09. The molecular weight excluding hydrogens is 329 g/mol. The van der Waals surface area contributed by atoms with Gasteiger partial charge in [0.1, 0.15) is 6.54 Å². The standard InChI is InChI=1S/C15H15F3N2O4/c16-15(17,18)14(24,10-4-2-1-3-5-10)9-19-11(21)8-20-12(22)6-7-13(20)23/h1-5,24H,6-9H2,(H,19,21). The summed E-state index contributed by atoms with van der Waals surface area (Å²) in [6.07, 6.45) is -5.08. The van der Waals surface area contributed by atoms with E-state index in [2.05, 4.69) is 0 Å². The highest BCUT2D eigenvalue weighted by Crippen LogP contribution is 2.38. The minimum Gasteiger partial charge on any atom is -0.375 e. The van der Waals surface area contributed by atoms with Crippen molar-refractivity contribution in [3.8, 4) is 0 Å². The molecular formula is C15H15F3N2O4. The van der Waals surface area contributed by atoms with Crippen molar-refractivity contribution in [2.75, 3.05) is 13.1 Å². The minimum absolute atomic E-state index is 0.0252. The Morgan fingerprint density at radius 1 is 1.12 bits per heavy atom. The van der Waals surface area contributed by atoms with Gasteiger partial charge in [-0.05, 0) is 5.56 Å². The third-order valence-corrected chi connectivity index (χ3v) is 3.72. The fourth-order valence-electron chi connectivity index (χ4n) is 2.31. The van der Waals surface area contributed by atoms with Crippen molar-refractivity contribution in [1.29, 1.82) is 0 Å². The van der Waals surface area contributed by atoms with E-state index in [1.165, 1.54) is 18.2 Å². The lowest BCUT2D eigenvalue weighted by Gasteiger charge is -2.31. The summed E-state index contributed by atoms with van der Waals surface area (Å²) >= 11 is 0. The molecule has 1 aliphatic heterocycles. The molecule has 9 heteroatoms. The van der Waals surface area contributed by atoms with Crippen LogP contribution in [0.25, 0.3) is 0 Å². The average molecular weight is 344 g/mol. The molecule has 3 amide bonds. The van der Waals surface area contributed by atoms with E-state index in [4.69, 9.17) is 0 Å². The zero-order chi connectivity index (χ0) is 18.0. The summed E-state index contributed by atoms with van der Waals surface area (Å²) in [5.74, 6) is -2.06. The first-order valence-electron chi connectivity index (χ1n) is 7.09. The van der Waals surface area contributed by atoms with Crippen LogP contribution in [0.1, 0.15) is 18.4 Å². The topological polar surface area (TPSA) is 86.7 Å². The van der Waals surface area contributed by atoms with Gasteiger partial charge in [0.05, 0.1) is 6.54 Å². The molecule has 1 heterocycles. The minimum atomic E-state index is -5.03. The van der Waals surface area contributed by atoms with E-state index in [9.17, 15) is 32.7 Å². The first-order chi connectivity index (χ1) is 11.1. The fraction of sp³-hybridized carbons (Fsp3) is 0.400. The summed E-state index contributed by atoms with van der Waals surface area (Å²) in [6.45, 7) is -1.80. The number of hydrogen-bond acceptors (Lipinski definition) is 4. The van der Waals surface area contributed by atoms with Gasteiger partial charge in [0.2, 0.25) is 23.3 Å². The monoisotopic (exact) mass is 344 g/mol. The Bertz CT molecular complexity index is 632. The Kier molecular flexibility index (Phi) is 4.93. The number of likely N-dealkylation sites (tertiary alicyclic amines) is 1. The number of hydrogen-bond donors (Lipinski definition) is 2. The Hall–Kier alpha value is -2.42. The molecule has 2 rings (SSSR count). The maximum atomic E-state index is 13.2. The van der Waals surface area contributed by atoms with Crippen molar-refractivity contribution in [3.63, 3.8) is 0 Å². The second-order valence-electron chi connectivity index (χ2n) is 5.37. The highest BCUT2D eigenvalue weighted by molar-refractivity contribution is 6.04. The van der Waals surface area contributed by atoms with Crippen LogP contribution >= 0.6 is 0 Å². The van der Waals surface area contributed by atoms with Crippen LogP contribution < -0.4 is 5.32 Å². The highest BCUT2D eigenvalue weighted by atomic mass is 19.4. The van der Waals surface area contributed by atoms with Crippen LogP contribution in [0.2, 0.25) is 0 Å². The van der Waals surface area contributed by atoms with Crippen LogP contribution in [0.4, 0.5) is 13.2 Å². The summed E-state index contributed by atoms with van der Waals surface area (Å²) in [5, 5.41) is 12.0. The molecule has 1 atom stereocenters. The first kappa shape index (κ1) is 17.9. The lowest BCUT2D eigenvalue weighted by Crippen LogP contribution is -2.52. The number of carbonyl (C=O) groups excluding carboxylic acids is 3. The van der Waals surface area contributed by atoms with Gasteiger partial charge in [0.25, 0.3) is 0 Å². The van der Waals surface area contributed by atoms with E-state index < -0.39 is 48.2 Å². The predicted molar refractivity (Wildman–Crippen MR) is 75.4 cm³/mol. The van der Waals surface area contributed by atoms with E-state index >= 15 is 0 Å². The van der Waals surface area contributed by atoms with Gasteiger partial charge >= 0.3 is 6.18 Å². The molecule has 0 saturated carbocycles. The number of nitrogens with one attached hydrogen (secondary N) is 1. The van der Waals surface area contributed by atoms with E-state index in [1.54, 1.807) is 0 Å². The zero-order valence-electron chi connectivity index (χ0n) is 12.5. The molecule has 1 fully saturated rings. The molecule has 0 bridgehead atoms. The van der Waals surface area contributed by atoms with Crippen molar-refractivity contribution >= 4 is 17.7 Å². The summed E-state index contributed by atoms with van der Waals surface area (Å²) < 4.78 is 39.7. The largest absolute Gasteiger partial charge is 0.423 e. The molecule has 0 radical (unpaired) electrons. The Morgan fingerprint density at radius 3 is 2.17 bits per heavy atom. The third kappa shape index (κ3) is 3.56. The molecule has 0 aromatic heterocycles. The van der Waals surface area contributed by atoms with Gasteiger partial charge in [-0.3, -0.25) is 19.3 Å². The molecule has 2 N–H and O–H groups in total. The molecule has 1 unspecified atom stereocenters. The molecule has 1 saturated heterocycles. The van der Waals surface area contributed by atoms with E-state index in [-0.39, 0.29) is 12.8 Å². The summed E-state index contributed by atoms with van der Waals surface area (Å²) in [5.41, 5.74) is -3.70. The number of imide groups is 1. The number of carbonyl (C=O) groups is 3. The second kappa shape index (κ2) is 6.60. The van der Waals surface area contributed by atoms with Gasteiger partial charge in [-0.2, -0.15) is 13.2 Å². The lowest BCUT2D eigenvalue weighted by atomic mass is 9.93. The number of halogens is 3. The zero-order valence-corrected chi connectivity index (χ0v) is 12.5. The van der Waals surface area contributed by atoms with Gasteiger partial charge in [-0.1, -0.05) is 30.3 Å². The number of amides is 3. The Labute approximate surface area is 135 Å². The number of nitrogens with zero attached hydrogens (tertiary/aromatic N) is 1. The van der Waals surface area contributed by atoms with Crippen molar-refractivity contribution in [1.82, 2.24) is 10.2 Å². The SMILES string of the molecule is O=C(CN1C(=O)CCC1=O)NCC(O)(c1ccccc1)C(F)(F)F. The second-order valence-corrected chi connectivity index (χ2v) is 5.37. The third-order valence-electron chi connectivity index (χ3n) is 3.72. The molecule has 0 spiro atoms. The van der Waals surface area contributed by atoms with Crippen LogP contribution in [0.15, 0.2) is 30.3 Å². The molecule has 130 valence electrons. The highest BCUT2D eigenvalue weighted by Gasteiger charge is 2.55. The van der Waals surface area contributed by atoms with Crippen molar-refractivity contribution in [2.24, 2.45) is 0 Å². The van der Waals surface area contributed by atoms with Crippen molar-refractivity contribution in [2.45, 2.75) is 24.6 Å². The Morgan fingerprint density at radius 2 is 1.67 bits per heavy atom. The van der Waals surface area contributed by atoms with Crippen LogP contribution in [0, 0.1) is 0 Å². The maximum absolute atomic E-state index is 13.2. The van der Waals surface area contributed by atoms with Crippen LogP contribution in [-0.4, -0.2) is 47.0 Å². The number of aliphatic hydroxyl groups is 1. The number of alkyl halides is 3. The molecule has 6 nitrogen and oxygen atoms in total. The normalized spacial score (nSPS) is 17.8. The van der Waals surface area contributed by atoms with Gasteiger partial charge in [-0.15, -0.1) is 0 Å². The van der Waals surface area contributed by atoms with Crippen molar-refractivity contribution < 1.29 is 32.7 Å². The molecule has 1 aromatic rings. The summed E-state index contributed by atoms with van der Waals surface area (Å²) in [4.78, 5) is 35.2. The quantitative estimate of drug-likeness (QED) is 0.770. The molecule has 1 aromatic carbocycles. The van der Waals surface area contributed by atoms with Crippen LogP contribution in [-0.2, 0) is 20.0 Å². The average Bonchev–Trinajstić information content (AvgIpc) is 2.84. The van der Waals surface area contributed by atoms with E-state index in [1.807, 2.05) is 5.32 Å². The lowest BCUT2D eigenvalue weighted by molar-refractivity contribution is -0.264. The number of rotatable bonds is 5.